The van der Waals surface area contributed by atoms with Crippen molar-refractivity contribution in [3.8, 4) is 5.88 Å². The van der Waals surface area contributed by atoms with Crippen molar-refractivity contribution in [3.05, 3.63) is 23.4 Å². The molecule has 0 aliphatic heterocycles. The fourth-order valence-corrected chi connectivity index (χ4v) is 1.97. The molecule has 0 saturated heterocycles. The molecule has 0 spiro atoms. The van der Waals surface area contributed by atoms with Crippen LogP contribution in [0.1, 0.15) is 58.2 Å². The molecule has 1 aromatic heterocycles. The smallest absolute Gasteiger partial charge is 0.214 e. The number of pyridine rings is 1. The second-order valence-corrected chi connectivity index (χ2v) is 5.66. The van der Waals surface area contributed by atoms with Crippen LogP contribution in [0.2, 0.25) is 0 Å². The Morgan fingerprint density at radius 1 is 1.19 bits per heavy atom. The normalized spacial score (nSPS) is 12.7. The average molecular weight is 294 g/mol. The minimum atomic E-state index is 0.0105. The molecule has 4 nitrogen and oxygen atoms in total. The van der Waals surface area contributed by atoms with Gasteiger partial charge in [-0.3, -0.25) is 0 Å². The molecule has 0 fully saturated rings. The van der Waals surface area contributed by atoms with Crippen LogP contribution in [0, 0.1) is 0 Å². The largest absolute Gasteiger partial charge is 0.472 e. The zero-order valence-electron chi connectivity index (χ0n) is 14.1. The third kappa shape index (κ3) is 6.91. The highest BCUT2D eigenvalue weighted by molar-refractivity contribution is 5.26. The summed E-state index contributed by atoms with van der Waals surface area (Å²) in [5, 5.41) is 3.42. The van der Waals surface area contributed by atoms with E-state index in [9.17, 15) is 0 Å². The van der Waals surface area contributed by atoms with E-state index in [4.69, 9.17) is 9.47 Å². The van der Waals surface area contributed by atoms with Crippen molar-refractivity contribution in [3.63, 3.8) is 0 Å². The van der Waals surface area contributed by atoms with Crippen LogP contribution in [0.5, 0.6) is 5.88 Å². The Morgan fingerprint density at radius 2 is 1.95 bits per heavy atom. The molecule has 1 heterocycles. The van der Waals surface area contributed by atoms with E-state index < -0.39 is 0 Å². The van der Waals surface area contributed by atoms with Crippen molar-refractivity contribution < 1.29 is 9.47 Å². The highest BCUT2D eigenvalue weighted by atomic mass is 16.5. The molecule has 1 atom stereocenters. The van der Waals surface area contributed by atoms with Gasteiger partial charge in [-0.15, -0.1) is 0 Å². The Bertz CT molecular complexity index is 408. The maximum absolute atomic E-state index is 5.89. The lowest BCUT2D eigenvalue weighted by Gasteiger charge is -2.16. The number of nitrogens with zero attached hydrogens (tertiary/aromatic N) is 1. The molecule has 0 aromatic carbocycles. The molecule has 0 bridgehead atoms. The Balaban J connectivity index is 2.76. The lowest BCUT2D eigenvalue weighted by atomic mass is 10.1. The number of aromatic nitrogens is 1. The number of ether oxygens (including phenoxy) is 2. The minimum absolute atomic E-state index is 0.0105. The van der Waals surface area contributed by atoms with Crippen LogP contribution in [-0.2, 0) is 11.3 Å². The molecule has 120 valence electrons. The van der Waals surface area contributed by atoms with Gasteiger partial charge in [0.25, 0.3) is 0 Å². The predicted octanol–water partition coefficient (Wildman–Crippen LogP) is 3.51. The van der Waals surface area contributed by atoms with Gasteiger partial charge < -0.3 is 14.8 Å². The van der Waals surface area contributed by atoms with Gasteiger partial charge in [-0.25, -0.2) is 4.98 Å². The number of rotatable bonds is 10. The van der Waals surface area contributed by atoms with Crippen LogP contribution in [0.3, 0.4) is 0 Å². The highest BCUT2D eigenvalue weighted by Crippen LogP contribution is 2.20. The quantitative estimate of drug-likeness (QED) is 0.671. The summed E-state index contributed by atoms with van der Waals surface area (Å²) in [6, 6.07) is 4.18. The molecule has 0 aliphatic carbocycles. The monoisotopic (exact) mass is 294 g/mol. The second-order valence-electron chi connectivity index (χ2n) is 5.66. The zero-order valence-corrected chi connectivity index (χ0v) is 14.1. The fourth-order valence-electron chi connectivity index (χ4n) is 1.97. The molecule has 21 heavy (non-hydrogen) atoms. The molecule has 1 unspecified atom stereocenters. The van der Waals surface area contributed by atoms with E-state index in [-0.39, 0.29) is 6.10 Å². The van der Waals surface area contributed by atoms with Gasteiger partial charge >= 0.3 is 0 Å². The Hall–Kier alpha value is -1.13. The summed E-state index contributed by atoms with van der Waals surface area (Å²) < 4.78 is 11.3. The molecule has 1 rings (SSSR count). The van der Waals surface area contributed by atoms with E-state index in [1.165, 1.54) is 5.56 Å². The maximum Gasteiger partial charge on any atom is 0.214 e. The Morgan fingerprint density at radius 3 is 2.57 bits per heavy atom. The van der Waals surface area contributed by atoms with Crippen molar-refractivity contribution >= 4 is 0 Å². The Labute approximate surface area is 129 Å². The van der Waals surface area contributed by atoms with Crippen LogP contribution in [0.25, 0.3) is 0 Å². The van der Waals surface area contributed by atoms with Crippen LogP contribution >= 0.6 is 0 Å². The Kier molecular flexibility index (Phi) is 8.31. The lowest BCUT2D eigenvalue weighted by Crippen LogP contribution is -2.20. The van der Waals surface area contributed by atoms with Gasteiger partial charge in [0.1, 0.15) is 6.10 Å². The van der Waals surface area contributed by atoms with Gasteiger partial charge in [0.15, 0.2) is 0 Å². The van der Waals surface area contributed by atoms with E-state index in [1.807, 2.05) is 19.9 Å². The van der Waals surface area contributed by atoms with Crippen LogP contribution in [0.15, 0.2) is 12.1 Å². The first-order valence-electron chi connectivity index (χ1n) is 8.02. The molecular weight excluding hydrogens is 264 g/mol. The number of hydrogen-bond acceptors (Lipinski definition) is 4. The molecule has 0 radical (unpaired) electrons. The summed E-state index contributed by atoms with van der Waals surface area (Å²) in [7, 11) is 0. The first-order chi connectivity index (χ1) is 10.1. The summed E-state index contributed by atoms with van der Waals surface area (Å²) in [6.07, 6.45) is 1.15. The van der Waals surface area contributed by atoms with Gasteiger partial charge in [0, 0.05) is 24.9 Å². The summed E-state index contributed by atoms with van der Waals surface area (Å²) >= 11 is 0. The predicted molar refractivity (Wildman–Crippen MR) is 86.9 cm³/mol. The van der Waals surface area contributed by atoms with E-state index in [0.29, 0.717) is 25.0 Å². The molecule has 1 N–H and O–H groups in total. The number of hydrogen-bond donors (Lipinski definition) is 1. The van der Waals surface area contributed by atoms with Crippen LogP contribution in [-0.4, -0.2) is 30.8 Å². The molecule has 1 aromatic rings. The van der Waals surface area contributed by atoms with Crippen molar-refractivity contribution in [1.82, 2.24) is 10.3 Å². The van der Waals surface area contributed by atoms with Gasteiger partial charge in [0.2, 0.25) is 5.88 Å². The standard InChI is InChI=1S/C17H30N2O2/c1-6-8-18-11-15-9-16(13(3)4)19-17(10-15)21-14(5)12-20-7-2/h9-10,13-14,18H,6-8,11-12H2,1-5H3. The van der Waals surface area contributed by atoms with Gasteiger partial charge in [0.05, 0.1) is 6.61 Å². The molecule has 0 saturated carbocycles. The van der Waals surface area contributed by atoms with Gasteiger partial charge in [-0.05, 0) is 44.4 Å². The van der Waals surface area contributed by atoms with Gasteiger partial charge in [-0.1, -0.05) is 20.8 Å². The summed E-state index contributed by atoms with van der Waals surface area (Å²) in [5.74, 6) is 1.09. The van der Waals surface area contributed by atoms with Crippen molar-refractivity contribution in [2.24, 2.45) is 0 Å². The third-order valence-corrected chi connectivity index (χ3v) is 3.11. The van der Waals surface area contributed by atoms with Crippen molar-refractivity contribution in [1.29, 1.82) is 0 Å². The molecule has 0 aliphatic rings. The van der Waals surface area contributed by atoms with Crippen LogP contribution in [0.4, 0.5) is 0 Å². The van der Waals surface area contributed by atoms with E-state index in [2.05, 4.69) is 37.1 Å². The maximum atomic E-state index is 5.89. The number of nitrogens with one attached hydrogen (secondary N) is 1. The van der Waals surface area contributed by atoms with Gasteiger partial charge in [-0.2, -0.15) is 0 Å². The topological polar surface area (TPSA) is 43.4 Å². The van der Waals surface area contributed by atoms with E-state index in [0.717, 1.165) is 25.2 Å². The van der Waals surface area contributed by atoms with Crippen LogP contribution < -0.4 is 10.1 Å². The second kappa shape index (κ2) is 9.74. The summed E-state index contributed by atoms with van der Waals surface area (Å²) in [4.78, 5) is 4.60. The first kappa shape index (κ1) is 17.9. The summed E-state index contributed by atoms with van der Waals surface area (Å²) in [5.41, 5.74) is 2.30. The lowest BCUT2D eigenvalue weighted by molar-refractivity contribution is 0.0632. The average Bonchev–Trinajstić information content (AvgIpc) is 2.45. The molecular formula is C17H30N2O2. The molecule has 4 heteroatoms. The van der Waals surface area contributed by atoms with Crippen molar-refractivity contribution in [2.75, 3.05) is 19.8 Å². The third-order valence-electron chi connectivity index (χ3n) is 3.11. The minimum Gasteiger partial charge on any atom is -0.472 e. The van der Waals surface area contributed by atoms with E-state index in [1.54, 1.807) is 0 Å². The zero-order chi connectivity index (χ0) is 15.7. The highest BCUT2D eigenvalue weighted by Gasteiger charge is 2.10. The molecule has 0 amide bonds. The fraction of sp³-hybridized carbons (Fsp3) is 0.706. The summed E-state index contributed by atoms with van der Waals surface area (Å²) in [6.45, 7) is 13.6. The van der Waals surface area contributed by atoms with Crippen molar-refractivity contribution in [2.45, 2.75) is 59.6 Å². The first-order valence-corrected chi connectivity index (χ1v) is 8.02. The van der Waals surface area contributed by atoms with E-state index >= 15 is 0 Å². The SMILES string of the molecule is CCCNCc1cc(OC(C)COCC)nc(C(C)C)c1.